The minimum absolute atomic E-state index is 0.00537. The summed E-state index contributed by atoms with van der Waals surface area (Å²) in [6.45, 7) is 10.4. The average Bonchev–Trinajstić information content (AvgIpc) is 2.94. The summed E-state index contributed by atoms with van der Waals surface area (Å²) in [6.07, 6.45) is 1.53. The number of aliphatic hydroxyl groups is 1. The molecule has 2 fully saturated rings. The van der Waals surface area contributed by atoms with Crippen molar-refractivity contribution in [3.63, 3.8) is 0 Å². The second-order valence-corrected chi connectivity index (χ2v) is 7.91. The van der Waals surface area contributed by atoms with Gasteiger partial charge in [-0.2, -0.15) is 0 Å². The molecule has 3 aliphatic rings. The van der Waals surface area contributed by atoms with E-state index in [9.17, 15) is 14.4 Å². The fourth-order valence-electron chi connectivity index (χ4n) is 4.61. The van der Waals surface area contributed by atoms with Gasteiger partial charge in [0.2, 0.25) is 0 Å². The van der Waals surface area contributed by atoms with E-state index in [1.54, 1.807) is 0 Å². The first-order chi connectivity index (χ1) is 13.2. The van der Waals surface area contributed by atoms with E-state index in [1.165, 1.54) is 6.92 Å². The summed E-state index contributed by atoms with van der Waals surface area (Å²) in [4.78, 5) is 35.7. The monoisotopic (exact) mass is 390 g/mol. The van der Waals surface area contributed by atoms with Gasteiger partial charge in [0.1, 0.15) is 18.8 Å². The molecule has 7 heteroatoms. The molecule has 0 aromatic carbocycles. The Hall–Kier alpha value is -2.41. The van der Waals surface area contributed by atoms with Crippen LogP contribution in [0.3, 0.4) is 0 Å². The van der Waals surface area contributed by atoms with Crippen LogP contribution in [0.1, 0.15) is 39.5 Å². The maximum absolute atomic E-state index is 12.2. The van der Waals surface area contributed by atoms with Crippen molar-refractivity contribution in [2.75, 3.05) is 13.2 Å². The number of aliphatic hydroxyl groups excluding tert-OH is 1. The molecular weight excluding hydrogens is 364 g/mol. The van der Waals surface area contributed by atoms with E-state index in [1.807, 2.05) is 6.92 Å². The van der Waals surface area contributed by atoms with Crippen LogP contribution in [-0.2, 0) is 28.6 Å². The van der Waals surface area contributed by atoms with Gasteiger partial charge in [0.05, 0.1) is 12.2 Å². The van der Waals surface area contributed by atoms with Crippen LogP contribution in [0.4, 0.5) is 0 Å². The van der Waals surface area contributed by atoms with Gasteiger partial charge >= 0.3 is 17.9 Å². The Bertz CT molecular complexity index is 778. The first-order valence-corrected chi connectivity index (χ1v) is 9.44. The van der Waals surface area contributed by atoms with Crippen LogP contribution in [0.5, 0.6) is 0 Å². The molecule has 1 saturated carbocycles. The fourth-order valence-corrected chi connectivity index (χ4v) is 4.61. The van der Waals surface area contributed by atoms with Gasteiger partial charge < -0.3 is 19.3 Å². The van der Waals surface area contributed by atoms with Crippen LogP contribution in [0.2, 0.25) is 0 Å². The van der Waals surface area contributed by atoms with Gasteiger partial charge in [-0.05, 0) is 36.8 Å². The SMILES string of the molecule is C=C(CO)C(=O)O[C@H]1CCC(COC(C)=O)=C2[C@H]3OC(=O)C(=C)[C@@H]3CC[C@]21C. The van der Waals surface area contributed by atoms with Gasteiger partial charge in [0.15, 0.2) is 0 Å². The number of carbonyl (C=O) groups is 3. The Morgan fingerprint density at radius 1 is 1.36 bits per heavy atom. The first kappa shape index (κ1) is 20.3. The molecule has 0 bridgehead atoms. The van der Waals surface area contributed by atoms with Crippen LogP contribution >= 0.6 is 0 Å². The molecule has 4 atom stereocenters. The van der Waals surface area contributed by atoms with E-state index in [0.717, 1.165) is 11.1 Å². The van der Waals surface area contributed by atoms with Gasteiger partial charge in [0, 0.05) is 23.8 Å². The Labute approximate surface area is 164 Å². The summed E-state index contributed by atoms with van der Waals surface area (Å²) >= 11 is 0. The third-order valence-corrected chi connectivity index (χ3v) is 6.16. The number of hydrogen-bond acceptors (Lipinski definition) is 7. The van der Waals surface area contributed by atoms with Crippen LogP contribution in [-0.4, -0.2) is 48.4 Å². The molecule has 28 heavy (non-hydrogen) atoms. The minimum atomic E-state index is -0.633. The number of carbonyl (C=O) groups excluding carboxylic acids is 3. The van der Waals surface area contributed by atoms with Crippen molar-refractivity contribution in [3.05, 3.63) is 35.5 Å². The van der Waals surface area contributed by atoms with Gasteiger partial charge in [-0.1, -0.05) is 20.1 Å². The van der Waals surface area contributed by atoms with Gasteiger partial charge in [0.25, 0.3) is 0 Å². The number of rotatable bonds is 5. The highest BCUT2D eigenvalue weighted by Gasteiger charge is 2.56. The average molecular weight is 390 g/mol. The van der Waals surface area contributed by atoms with E-state index >= 15 is 0 Å². The summed E-state index contributed by atoms with van der Waals surface area (Å²) < 4.78 is 16.6. The highest BCUT2D eigenvalue weighted by molar-refractivity contribution is 5.91. The largest absolute Gasteiger partial charge is 0.461 e. The van der Waals surface area contributed by atoms with Crippen LogP contribution < -0.4 is 0 Å². The molecule has 1 N–H and O–H groups in total. The zero-order valence-electron chi connectivity index (χ0n) is 16.3. The standard InChI is InChI=1S/C21H26O7/c1-11(9-22)19(24)27-16-6-5-14(10-26-13(3)23)17-18-15(7-8-21(16,17)4)12(2)20(25)28-18/h15-16,18,22H,1-2,5-10H2,3-4H3/t15-,16-,18-,21-/m0/s1. The second kappa shape index (κ2) is 7.54. The van der Waals surface area contributed by atoms with E-state index in [4.69, 9.17) is 19.3 Å². The molecule has 0 amide bonds. The molecule has 1 aliphatic heterocycles. The number of esters is 3. The lowest BCUT2D eigenvalue weighted by molar-refractivity contribution is -0.155. The molecule has 0 spiro atoms. The minimum Gasteiger partial charge on any atom is -0.461 e. The Kier molecular flexibility index (Phi) is 5.48. The predicted octanol–water partition coefficient (Wildman–Crippen LogP) is 2.00. The van der Waals surface area contributed by atoms with Crippen molar-refractivity contribution >= 4 is 17.9 Å². The van der Waals surface area contributed by atoms with Gasteiger partial charge in [-0.25, -0.2) is 9.59 Å². The molecule has 0 aromatic rings. The summed E-state index contributed by atoms with van der Waals surface area (Å²) in [5, 5.41) is 9.15. The highest BCUT2D eigenvalue weighted by Crippen LogP contribution is 2.56. The van der Waals surface area contributed by atoms with Crippen LogP contribution in [0.15, 0.2) is 35.5 Å². The molecule has 1 heterocycles. The molecule has 3 rings (SSSR count). The molecule has 0 aromatic heterocycles. The molecule has 1 saturated heterocycles. The summed E-state index contributed by atoms with van der Waals surface area (Å²) in [6, 6.07) is 0. The van der Waals surface area contributed by atoms with E-state index < -0.39 is 36.2 Å². The zero-order valence-corrected chi connectivity index (χ0v) is 16.3. The number of ether oxygens (including phenoxy) is 3. The van der Waals surface area contributed by atoms with Crippen molar-refractivity contribution in [1.82, 2.24) is 0 Å². The lowest BCUT2D eigenvalue weighted by Crippen LogP contribution is -2.49. The molecule has 0 radical (unpaired) electrons. The lowest BCUT2D eigenvalue weighted by Gasteiger charge is -2.49. The van der Waals surface area contributed by atoms with E-state index in [0.29, 0.717) is 31.3 Å². The third kappa shape index (κ3) is 3.39. The van der Waals surface area contributed by atoms with Crippen molar-refractivity contribution < 1.29 is 33.7 Å². The van der Waals surface area contributed by atoms with Gasteiger partial charge in [-0.15, -0.1) is 0 Å². The van der Waals surface area contributed by atoms with Crippen molar-refractivity contribution in [3.8, 4) is 0 Å². The quantitative estimate of drug-likeness (QED) is 0.332. The summed E-state index contributed by atoms with van der Waals surface area (Å²) in [5.74, 6) is -1.55. The van der Waals surface area contributed by atoms with Crippen molar-refractivity contribution in [1.29, 1.82) is 0 Å². The Balaban J connectivity index is 1.97. The number of hydrogen-bond donors (Lipinski definition) is 1. The molecule has 2 aliphatic carbocycles. The van der Waals surface area contributed by atoms with Crippen molar-refractivity contribution in [2.24, 2.45) is 11.3 Å². The number of fused-ring (bicyclic) bond motifs is 3. The Morgan fingerprint density at radius 2 is 2.07 bits per heavy atom. The summed E-state index contributed by atoms with van der Waals surface area (Å²) in [5.41, 5.74) is 1.66. The Morgan fingerprint density at radius 3 is 2.71 bits per heavy atom. The van der Waals surface area contributed by atoms with E-state index in [-0.39, 0.29) is 24.1 Å². The smallest absolute Gasteiger partial charge is 0.336 e. The third-order valence-electron chi connectivity index (χ3n) is 6.16. The molecule has 0 unspecified atom stereocenters. The van der Waals surface area contributed by atoms with Crippen LogP contribution in [0, 0.1) is 11.3 Å². The maximum Gasteiger partial charge on any atom is 0.336 e. The normalized spacial score (nSPS) is 31.6. The summed E-state index contributed by atoms with van der Waals surface area (Å²) in [7, 11) is 0. The highest BCUT2D eigenvalue weighted by atomic mass is 16.6. The molecule has 7 nitrogen and oxygen atoms in total. The zero-order chi connectivity index (χ0) is 20.6. The molecule has 152 valence electrons. The predicted molar refractivity (Wildman–Crippen MR) is 98.8 cm³/mol. The fraction of sp³-hybridized carbons (Fsp3) is 0.571. The van der Waals surface area contributed by atoms with Crippen molar-refractivity contribution in [2.45, 2.75) is 51.7 Å². The molecular formula is C21H26O7. The van der Waals surface area contributed by atoms with Crippen LogP contribution in [0.25, 0.3) is 0 Å². The lowest BCUT2D eigenvalue weighted by atomic mass is 9.58. The topological polar surface area (TPSA) is 99.1 Å². The second-order valence-electron chi connectivity index (χ2n) is 7.91. The van der Waals surface area contributed by atoms with E-state index in [2.05, 4.69) is 13.2 Å². The maximum atomic E-state index is 12.2. The van der Waals surface area contributed by atoms with Gasteiger partial charge in [-0.3, -0.25) is 4.79 Å². The first-order valence-electron chi connectivity index (χ1n) is 9.44.